The average molecular weight is 310 g/mol. The maximum absolute atomic E-state index is 9.28. The minimum atomic E-state index is 0.318. The summed E-state index contributed by atoms with van der Waals surface area (Å²) in [5.74, 6) is 0.318. The molecule has 3 rings (SSSR count). The summed E-state index contributed by atoms with van der Waals surface area (Å²) in [4.78, 5) is 2.56. The zero-order chi connectivity index (χ0) is 15.9. The molecule has 0 spiro atoms. The fourth-order valence-electron chi connectivity index (χ4n) is 3.10. The van der Waals surface area contributed by atoms with Crippen LogP contribution in [-0.4, -0.2) is 23.1 Å². The Balaban J connectivity index is 1.44. The number of nitrogens with zero attached hydrogens (tertiary/aromatic N) is 1. The van der Waals surface area contributed by atoms with Crippen molar-refractivity contribution in [3.63, 3.8) is 0 Å². The predicted molar refractivity (Wildman–Crippen MR) is 94.2 cm³/mol. The van der Waals surface area contributed by atoms with Crippen LogP contribution in [-0.2, 0) is 19.6 Å². The number of phenols is 1. The molecule has 1 fully saturated rings. The zero-order valence-electron chi connectivity index (χ0n) is 13.7. The highest BCUT2D eigenvalue weighted by atomic mass is 16.3. The summed E-state index contributed by atoms with van der Waals surface area (Å²) in [6.07, 6.45) is 4.08. The Morgan fingerprint density at radius 3 is 1.87 bits per heavy atom. The largest absolute Gasteiger partial charge is 0.508 e. The van der Waals surface area contributed by atoms with Gasteiger partial charge in [0.1, 0.15) is 5.75 Å². The fraction of sp³-hybridized carbons (Fsp3) is 0.400. The molecule has 0 saturated carbocycles. The molecule has 0 atom stereocenters. The summed E-state index contributed by atoms with van der Waals surface area (Å²) in [6, 6.07) is 16.3. The topological polar surface area (TPSA) is 35.5 Å². The molecule has 2 aromatic rings. The van der Waals surface area contributed by atoms with Crippen molar-refractivity contribution >= 4 is 0 Å². The lowest BCUT2D eigenvalue weighted by molar-refractivity contribution is 0.221. The summed E-state index contributed by atoms with van der Waals surface area (Å²) in [5.41, 5.74) is 3.91. The normalized spacial score (nSPS) is 15.7. The summed E-state index contributed by atoms with van der Waals surface area (Å²) in [5, 5.41) is 12.7. The second-order valence-corrected chi connectivity index (χ2v) is 6.42. The van der Waals surface area contributed by atoms with Crippen molar-refractivity contribution in [1.82, 2.24) is 10.2 Å². The van der Waals surface area contributed by atoms with Crippen LogP contribution < -0.4 is 5.32 Å². The smallest absolute Gasteiger partial charge is 0.115 e. The van der Waals surface area contributed by atoms with Crippen molar-refractivity contribution in [3.05, 3.63) is 65.2 Å². The van der Waals surface area contributed by atoms with Gasteiger partial charge in [-0.3, -0.25) is 4.90 Å². The number of hydrogen-bond acceptors (Lipinski definition) is 3. The molecule has 0 unspecified atom stereocenters. The molecule has 122 valence electrons. The third-order valence-corrected chi connectivity index (χ3v) is 4.47. The van der Waals surface area contributed by atoms with Crippen LogP contribution in [0.4, 0.5) is 0 Å². The number of aromatic hydroxyl groups is 1. The maximum Gasteiger partial charge on any atom is 0.115 e. The second-order valence-electron chi connectivity index (χ2n) is 6.42. The van der Waals surface area contributed by atoms with Crippen molar-refractivity contribution in [1.29, 1.82) is 0 Å². The van der Waals surface area contributed by atoms with E-state index in [2.05, 4.69) is 34.5 Å². The van der Waals surface area contributed by atoms with E-state index < -0.39 is 0 Å². The van der Waals surface area contributed by atoms with Crippen molar-refractivity contribution in [2.24, 2.45) is 0 Å². The van der Waals surface area contributed by atoms with Gasteiger partial charge >= 0.3 is 0 Å². The van der Waals surface area contributed by atoms with E-state index in [-0.39, 0.29) is 0 Å². The molecule has 0 radical (unpaired) electrons. The molecular formula is C20H26N2O. The second kappa shape index (κ2) is 8.14. The average Bonchev–Trinajstić information content (AvgIpc) is 2.59. The summed E-state index contributed by atoms with van der Waals surface area (Å²) >= 11 is 0. The van der Waals surface area contributed by atoms with Gasteiger partial charge in [-0.2, -0.15) is 0 Å². The van der Waals surface area contributed by atoms with Gasteiger partial charge in [0.15, 0.2) is 0 Å². The van der Waals surface area contributed by atoms with E-state index in [0.717, 1.165) is 19.6 Å². The minimum absolute atomic E-state index is 0.318. The van der Waals surface area contributed by atoms with Crippen molar-refractivity contribution < 1.29 is 5.11 Å². The van der Waals surface area contributed by atoms with Gasteiger partial charge in [0.2, 0.25) is 0 Å². The molecular weight excluding hydrogens is 284 g/mol. The number of hydrogen-bond donors (Lipinski definition) is 2. The summed E-state index contributed by atoms with van der Waals surface area (Å²) < 4.78 is 0. The first-order valence-electron chi connectivity index (χ1n) is 8.58. The molecule has 1 saturated heterocycles. The van der Waals surface area contributed by atoms with Gasteiger partial charge in [-0.25, -0.2) is 0 Å². The van der Waals surface area contributed by atoms with Crippen LogP contribution in [0, 0.1) is 0 Å². The molecule has 3 heteroatoms. The van der Waals surface area contributed by atoms with Crippen molar-refractivity contribution in [2.45, 2.75) is 38.9 Å². The van der Waals surface area contributed by atoms with E-state index in [9.17, 15) is 5.11 Å². The number of benzene rings is 2. The lowest BCUT2D eigenvalue weighted by atomic mass is 10.1. The predicted octanol–water partition coefficient (Wildman–Crippen LogP) is 3.67. The molecule has 1 heterocycles. The first-order chi connectivity index (χ1) is 11.3. The highest BCUT2D eigenvalue weighted by molar-refractivity contribution is 5.26. The Bertz CT molecular complexity index is 586. The van der Waals surface area contributed by atoms with Gasteiger partial charge in [-0.05, 0) is 54.8 Å². The molecule has 0 aliphatic carbocycles. The third kappa shape index (κ3) is 5.08. The van der Waals surface area contributed by atoms with Crippen LogP contribution in [0.1, 0.15) is 36.0 Å². The number of phenolic OH excluding ortho intramolecular Hbond substituents is 1. The third-order valence-electron chi connectivity index (χ3n) is 4.47. The lowest BCUT2D eigenvalue weighted by Gasteiger charge is -2.26. The molecule has 0 aromatic heterocycles. The first-order valence-corrected chi connectivity index (χ1v) is 8.58. The van der Waals surface area contributed by atoms with Gasteiger partial charge < -0.3 is 10.4 Å². The number of likely N-dealkylation sites (tertiary alicyclic amines) is 1. The minimum Gasteiger partial charge on any atom is -0.508 e. The Morgan fingerprint density at radius 2 is 1.26 bits per heavy atom. The van der Waals surface area contributed by atoms with E-state index in [0.29, 0.717) is 5.75 Å². The monoisotopic (exact) mass is 310 g/mol. The van der Waals surface area contributed by atoms with Crippen LogP contribution in [0.3, 0.4) is 0 Å². The number of rotatable bonds is 6. The van der Waals surface area contributed by atoms with E-state index in [1.807, 2.05) is 12.1 Å². The van der Waals surface area contributed by atoms with E-state index >= 15 is 0 Å². The highest BCUT2D eigenvalue weighted by Crippen LogP contribution is 2.14. The van der Waals surface area contributed by atoms with Crippen LogP contribution >= 0.6 is 0 Å². The zero-order valence-corrected chi connectivity index (χ0v) is 13.7. The molecule has 2 aromatic carbocycles. The first kappa shape index (κ1) is 16.0. The standard InChI is InChI=1S/C20H26N2O/c23-20-10-8-18(9-11-20)15-21-14-17-4-6-19(7-5-17)16-22-12-2-1-3-13-22/h4-11,21,23H,1-3,12-16H2. The molecule has 3 nitrogen and oxygen atoms in total. The Morgan fingerprint density at radius 1 is 0.739 bits per heavy atom. The van der Waals surface area contributed by atoms with Gasteiger partial charge in [-0.15, -0.1) is 0 Å². The van der Waals surface area contributed by atoms with Crippen molar-refractivity contribution in [3.8, 4) is 5.75 Å². The van der Waals surface area contributed by atoms with Gasteiger partial charge in [-0.1, -0.05) is 42.8 Å². The van der Waals surface area contributed by atoms with Gasteiger partial charge in [0.25, 0.3) is 0 Å². The Kier molecular flexibility index (Phi) is 5.67. The van der Waals surface area contributed by atoms with E-state index in [1.54, 1.807) is 12.1 Å². The van der Waals surface area contributed by atoms with Crippen LogP contribution in [0.5, 0.6) is 5.75 Å². The van der Waals surface area contributed by atoms with Crippen LogP contribution in [0.25, 0.3) is 0 Å². The number of piperidine rings is 1. The fourth-order valence-corrected chi connectivity index (χ4v) is 3.10. The van der Waals surface area contributed by atoms with E-state index in [1.165, 1.54) is 49.0 Å². The molecule has 0 amide bonds. The quantitative estimate of drug-likeness (QED) is 0.854. The molecule has 1 aliphatic rings. The number of nitrogens with one attached hydrogen (secondary N) is 1. The maximum atomic E-state index is 9.28. The Hall–Kier alpha value is -1.84. The lowest BCUT2D eigenvalue weighted by Crippen LogP contribution is -2.29. The van der Waals surface area contributed by atoms with Crippen molar-refractivity contribution in [2.75, 3.05) is 13.1 Å². The van der Waals surface area contributed by atoms with Crippen LogP contribution in [0.15, 0.2) is 48.5 Å². The summed E-state index contributed by atoms with van der Waals surface area (Å²) in [6.45, 7) is 5.26. The SMILES string of the molecule is Oc1ccc(CNCc2ccc(CN3CCCCC3)cc2)cc1. The molecule has 2 N–H and O–H groups in total. The molecule has 1 aliphatic heterocycles. The van der Waals surface area contributed by atoms with Gasteiger partial charge in [0, 0.05) is 19.6 Å². The van der Waals surface area contributed by atoms with Crippen LogP contribution in [0.2, 0.25) is 0 Å². The highest BCUT2D eigenvalue weighted by Gasteiger charge is 2.10. The summed E-state index contributed by atoms with van der Waals surface area (Å²) in [7, 11) is 0. The Labute approximate surface area is 139 Å². The molecule has 0 bridgehead atoms. The van der Waals surface area contributed by atoms with Gasteiger partial charge in [0.05, 0.1) is 0 Å². The van der Waals surface area contributed by atoms with E-state index in [4.69, 9.17) is 0 Å². The molecule has 23 heavy (non-hydrogen) atoms.